The first kappa shape index (κ1) is 28.8. The number of nitrogens with one attached hydrogen (secondary N) is 2. The number of carbonyl (C=O) groups excluding carboxylic acids is 3. The zero-order valence-corrected chi connectivity index (χ0v) is 19.6. The van der Waals surface area contributed by atoms with Gasteiger partial charge in [-0.25, -0.2) is 0 Å². The molecule has 3 amide bonds. The standard InChI is InChI=1S/C24H31F3N6O3/c25-24(26,27)17-7-4-8-18(13-17)31-23(36)20(10-9-16-5-2-1-3-6-16)32-22(35)19(30)14-21(34)33(15-29)12-11-28/h1-8,13,19-20H,9-12,14-15,28-30H2,(H,31,36)(H,32,35)/t19-,20-/m0/s1. The van der Waals surface area contributed by atoms with Gasteiger partial charge in [-0.3, -0.25) is 14.4 Å². The van der Waals surface area contributed by atoms with Gasteiger partial charge in [0.05, 0.1) is 24.7 Å². The molecule has 0 radical (unpaired) electrons. The van der Waals surface area contributed by atoms with Gasteiger partial charge < -0.3 is 32.7 Å². The third-order valence-corrected chi connectivity index (χ3v) is 5.36. The monoisotopic (exact) mass is 508 g/mol. The van der Waals surface area contributed by atoms with Gasteiger partial charge >= 0.3 is 6.18 Å². The molecule has 0 aliphatic rings. The number of hydrogen-bond acceptors (Lipinski definition) is 6. The lowest BCUT2D eigenvalue weighted by molar-refractivity contribution is -0.137. The fourth-order valence-corrected chi connectivity index (χ4v) is 3.39. The molecule has 0 heterocycles. The number of halogens is 3. The Morgan fingerprint density at radius 2 is 1.67 bits per heavy atom. The second kappa shape index (κ2) is 13.6. The van der Waals surface area contributed by atoms with Gasteiger partial charge in [0.1, 0.15) is 6.04 Å². The van der Waals surface area contributed by atoms with Crippen molar-refractivity contribution in [1.29, 1.82) is 0 Å². The SMILES string of the molecule is NCCN(CN)C(=O)C[C@H](N)C(=O)N[C@@H](CCc1ccccc1)C(=O)Nc1cccc(C(F)(F)F)c1. The summed E-state index contributed by atoms with van der Waals surface area (Å²) in [5.41, 5.74) is 16.8. The van der Waals surface area contributed by atoms with Crippen molar-refractivity contribution in [3.8, 4) is 0 Å². The Morgan fingerprint density at radius 1 is 0.972 bits per heavy atom. The first-order valence-electron chi connectivity index (χ1n) is 11.3. The van der Waals surface area contributed by atoms with E-state index in [1.807, 2.05) is 30.3 Å². The average molecular weight is 509 g/mol. The summed E-state index contributed by atoms with van der Waals surface area (Å²) in [6.07, 6.45) is -4.40. The van der Waals surface area contributed by atoms with Crippen molar-refractivity contribution >= 4 is 23.4 Å². The van der Waals surface area contributed by atoms with Gasteiger partial charge in [0.15, 0.2) is 0 Å². The van der Waals surface area contributed by atoms with E-state index in [4.69, 9.17) is 17.2 Å². The van der Waals surface area contributed by atoms with Crippen LogP contribution in [0.5, 0.6) is 0 Å². The smallest absolute Gasteiger partial charge is 0.343 e. The molecule has 0 aromatic heterocycles. The first-order valence-corrected chi connectivity index (χ1v) is 11.3. The number of hydrogen-bond donors (Lipinski definition) is 5. The van der Waals surface area contributed by atoms with E-state index < -0.39 is 41.5 Å². The summed E-state index contributed by atoms with van der Waals surface area (Å²) < 4.78 is 39.1. The molecule has 8 N–H and O–H groups in total. The van der Waals surface area contributed by atoms with Crippen molar-refractivity contribution in [3.63, 3.8) is 0 Å². The van der Waals surface area contributed by atoms with Crippen LogP contribution in [-0.4, -0.2) is 54.5 Å². The minimum absolute atomic E-state index is 0.0753. The molecular weight excluding hydrogens is 477 g/mol. The number of benzene rings is 2. The quantitative estimate of drug-likeness (QED) is 0.271. The van der Waals surface area contributed by atoms with E-state index in [9.17, 15) is 27.6 Å². The molecule has 0 saturated carbocycles. The van der Waals surface area contributed by atoms with Gasteiger partial charge in [-0.05, 0) is 36.6 Å². The van der Waals surface area contributed by atoms with Crippen LogP contribution in [0.15, 0.2) is 54.6 Å². The normalized spacial score (nSPS) is 12.9. The molecule has 0 aliphatic heterocycles. The third-order valence-electron chi connectivity index (χ3n) is 5.36. The maximum Gasteiger partial charge on any atom is 0.416 e. The van der Waals surface area contributed by atoms with Crippen LogP contribution in [-0.2, 0) is 27.0 Å². The van der Waals surface area contributed by atoms with Gasteiger partial charge in [0.2, 0.25) is 17.7 Å². The highest BCUT2D eigenvalue weighted by atomic mass is 19.4. The van der Waals surface area contributed by atoms with Crippen LogP contribution in [0.3, 0.4) is 0 Å². The van der Waals surface area contributed by atoms with Gasteiger partial charge in [-0.2, -0.15) is 13.2 Å². The highest BCUT2D eigenvalue weighted by Crippen LogP contribution is 2.30. The van der Waals surface area contributed by atoms with Crippen LogP contribution < -0.4 is 27.8 Å². The predicted molar refractivity (Wildman–Crippen MR) is 129 cm³/mol. The fourth-order valence-electron chi connectivity index (χ4n) is 3.39. The molecule has 0 aliphatic carbocycles. The minimum Gasteiger partial charge on any atom is -0.343 e. The number of anilines is 1. The Labute approximate surface area is 207 Å². The topological polar surface area (TPSA) is 157 Å². The van der Waals surface area contributed by atoms with Crippen LogP contribution in [0, 0.1) is 0 Å². The summed E-state index contributed by atoms with van der Waals surface area (Å²) in [7, 11) is 0. The largest absolute Gasteiger partial charge is 0.416 e. The van der Waals surface area contributed by atoms with E-state index >= 15 is 0 Å². The molecule has 2 rings (SSSR count). The second-order valence-corrected chi connectivity index (χ2v) is 8.09. The molecular formula is C24H31F3N6O3. The van der Waals surface area contributed by atoms with Crippen LogP contribution in [0.1, 0.15) is 24.0 Å². The van der Waals surface area contributed by atoms with Crippen molar-refractivity contribution < 1.29 is 27.6 Å². The Morgan fingerprint density at radius 3 is 2.28 bits per heavy atom. The molecule has 2 atom stereocenters. The molecule has 0 unspecified atom stereocenters. The fraction of sp³-hybridized carbons (Fsp3) is 0.375. The first-order chi connectivity index (χ1) is 17.0. The van der Waals surface area contributed by atoms with Gasteiger partial charge in [-0.1, -0.05) is 36.4 Å². The van der Waals surface area contributed by atoms with Crippen molar-refractivity contribution in [2.45, 2.75) is 37.5 Å². The Bertz CT molecular complexity index is 1020. The number of alkyl halides is 3. The summed E-state index contributed by atoms with van der Waals surface area (Å²) in [6.45, 7) is 0.286. The van der Waals surface area contributed by atoms with Crippen molar-refractivity contribution in [2.75, 3.05) is 25.1 Å². The van der Waals surface area contributed by atoms with E-state index in [2.05, 4.69) is 10.6 Å². The van der Waals surface area contributed by atoms with Crippen molar-refractivity contribution in [3.05, 3.63) is 65.7 Å². The van der Waals surface area contributed by atoms with E-state index in [0.717, 1.165) is 17.7 Å². The number of nitrogens with zero attached hydrogens (tertiary/aromatic N) is 1. The zero-order chi connectivity index (χ0) is 26.7. The second-order valence-electron chi connectivity index (χ2n) is 8.09. The molecule has 0 fully saturated rings. The highest BCUT2D eigenvalue weighted by Gasteiger charge is 2.31. The van der Waals surface area contributed by atoms with Crippen LogP contribution in [0.25, 0.3) is 0 Å². The maximum absolute atomic E-state index is 13.0. The minimum atomic E-state index is -4.58. The van der Waals surface area contributed by atoms with E-state index in [1.165, 1.54) is 17.0 Å². The van der Waals surface area contributed by atoms with Gasteiger partial charge in [-0.15, -0.1) is 0 Å². The van der Waals surface area contributed by atoms with Gasteiger partial charge in [0.25, 0.3) is 0 Å². The number of nitrogens with two attached hydrogens (primary N) is 3. The third kappa shape index (κ3) is 8.95. The maximum atomic E-state index is 13.0. The molecule has 9 nitrogen and oxygen atoms in total. The van der Waals surface area contributed by atoms with Crippen molar-refractivity contribution in [1.82, 2.24) is 10.2 Å². The van der Waals surface area contributed by atoms with E-state index in [0.29, 0.717) is 6.42 Å². The molecule has 196 valence electrons. The summed E-state index contributed by atoms with van der Waals surface area (Å²) in [4.78, 5) is 39.3. The van der Waals surface area contributed by atoms with Crippen LogP contribution in [0.2, 0.25) is 0 Å². The number of aryl methyl sites for hydroxylation is 1. The van der Waals surface area contributed by atoms with Crippen LogP contribution in [0.4, 0.5) is 18.9 Å². The Balaban J connectivity index is 2.13. The molecule has 2 aromatic rings. The molecule has 0 bridgehead atoms. The highest BCUT2D eigenvalue weighted by molar-refractivity contribution is 5.98. The molecule has 0 spiro atoms. The predicted octanol–water partition coefficient (Wildman–Crippen LogP) is 1.18. The average Bonchev–Trinajstić information content (AvgIpc) is 2.84. The lowest BCUT2D eigenvalue weighted by Gasteiger charge is -2.23. The van der Waals surface area contributed by atoms with E-state index in [-0.39, 0.29) is 38.3 Å². The van der Waals surface area contributed by atoms with Crippen LogP contribution >= 0.6 is 0 Å². The molecule has 0 saturated heterocycles. The molecule has 36 heavy (non-hydrogen) atoms. The number of rotatable bonds is 12. The summed E-state index contributed by atoms with van der Waals surface area (Å²) in [6, 6.07) is 10.9. The lowest BCUT2D eigenvalue weighted by atomic mass is 10.0. The lowest BCUT2D eigenvalue weighted by Crippen LogP contribution is -2.52. The Kier molecular flexibility index (Phi) is 10.8. The number of carbonyl (C=O) groups is 3. The van der Waals surface area contributed by atoms with E-state index in [1.54, 1.807) is 0 Å². The van der Waals surface area contributed by atoms with Gasteiger partial charge in [0, 0.05) is 18.8 Å². The summed E-state index contributed by atoms with van der Waals surface area (Å²) in [5, 5.41) is 4.94. The molecule has 12 heteroatoms. The summed E-state index contributed by atoms with van der Waals surface area (Å²) >= 11 is 0. The number of amides is 3. The van der Waals surface area contributed by atoms with Crippen molar-refractivity contribution in [2.24, 2.45) is 17.2 Å². The Hall–Kier alpha value is -3.48. The zero-order valence-electron chi connectivity index (χ0n) is 19.6. The summed E-state index contributed by atoms with van der Waals surface area (Å²) in [5.74, 6) is -1.95. The molecule has 2 aromatic carbocycles.